The Morgan fingerprint density at radius 3 is 1.07 bits per heavy atom. The van der Waals surface area contributed by atoms with Gasteiger partial charge in [0.15, 0.2) is 0 Å². The Morgan fingerprint density at radius 1 is 0.438 bits per heavy atom. The highest BCUT2D eigenvalue weighted by atomic mass is 127. The van der Waals surface area contributed by atoms with Gasteiger partial charge in [0.25, 0.3) is 10.1 Å². The lowest BCUT2D eigenvalue weighted by atomic mass is 9.65. The van der Waals surface area contributed by atoms with Crippen molar-refractivity contribution in [1.82, 2.24) is 29.4 Å². The second-order valence-corrected chi connectivity index (χ2v) is 43.6. The van der Waals surface area contributed by atoms with Crippen molar-refractivity contribution in [2.45, 2.75) is 242 Å². The highest BCUT2D eigenvalue weighted by Crippen LogP contribution is 2.72. The molecule has 23 heteroatoms. The first-order valence-electron chi connectivity index (χ1n) is 45.6. The monoisotopic (exact) mass is 1720 g/mol. The maximum absolute atomic E-state index is 12.4. The van der Waals surface area contributed by atoms with Crippen molar-refractivity contribution in [2.75, 3.05) is 200 Å². The standard InChI is InChI=1S/C19H34N2O2.C15H26N2O2.C15H28N2O.C15H25NO2.C14H25NOS.C10H16O4S.CH3I/c1-18(2)16-3-4-19(18,5-6-20-7-11-22-12-8-20)17(15-16)21-9-13-23-14-10-21;1-14(2)12-3-4-15(14,13(11-12)16-18)5-6-17-7-9-19-10-8-17;1-14(2)12-3-4-15(14,13(16)11-12)5-6-17-7-9-18-10-8-17;1-14(2)12-3-4-15(14,13(17)11-12)5-6-16-7-9-18-10-8-16;1-13(2)11-3-4-14(13,10-17)12(9-11)15-5-7-16-8-6-15;1-9(2)7-3-4-10(9,8(11)5-7)6-15(12,13)14;1-2/h16-17H,3-15H2,1-2H3;12,18H,3-11H2,1-2H3;12-13H,3-11,16H2,1-2H3;12H,3-11H2,1-2H3;11-12,17H,3-10H2,1-2H3;7H,3-6H2,1-2H3,(H,12,13,14);1H3/b;16-13-;;;;;/i;;;;;;1T. The van der Waals surface area contributed by atoms with Crippen LogP contribution in [0.3, 0.4) is 0 Å². The minimum atomic E-state index is -4.08. The van der Waals surface area contributed by atoms with E-state index in [1.54, 1.807) is 0 Å². The van der Waals surface area contributed by atoms with Crippen LogP contribution in [0.15, 0.2) is 5.16 Å². The Bertz CT molecular complexity index is 3280. The number of hydrogen-bond acceptors (Lipinski definition) is 20. The molecule has 0 aromatic carbocycles. The van der Waals surface area contributed by atoms with E-state index in [9.17, 15) is 23.2 Å². The normalized spacial score (nSPS) is 40.9. The lowest BCUT2D eigenvalue weighted by Gasteiger charge is -2.49. The first kappa shape index (κ1) is 89.0. The van der Waals surface area contributed by atoms with Crippen molar-refractivity contribution < 1.29 is 57.6 Å². The molecule has 0 radical (unpaired) electrons. The van der Waals surface area contributed by atoms with E-state index in [0.29, 0.717) is 79.3 Å². The van der Waals surface area contributed by atoms with E-state index in [-0.39, 0.29) is 33.4 Å². The fraction of sp³-hybridized carbons (Fsp3) is 0.966. The molecule has 12 bridgehead atoms. The topological polar surface area (TPSA) is 222 Å². The molecule has 0 aromatic rings. The summed E-state index contributed by atoms with van der Waals surface area (Å²) in [6, 6.07) is 1.99. The fourth-order valence-corrected chi connectivity index (χ4v) is 30.7. The van der Waals surface area contributed by atoms with Gasteiger partial charge in [0.05, 0.1) is 96.2 Å². The van der Waals surface area contributed by atoms with E-state index in [2.05, 4.69) is 104 Å². The van der Waals surface area contributed by atoms with Gasteiger partial charge in [-0.2, -0.15) is 21.0 Å². The SMILES string of the molecule is CC1(C)C2CCC1(CCN1CCOCC1)/C(=N\O)C2.CC1(C)C2CCC1(CCN1CCOCC1)C(=O)C2.CC1(C)C2CCC1(CCN1CCOCC1)C(N)C2.CC1(C)C2CCC1(CCN1CCOCC1)C(N1CCOCC1)C2.CC1(C)C2CCC1(CS(=O)(=O)O)C(=O)C2.CC1(C)C2CCC1(CS)C(N1CCOCC1)C2.[3H]CI. The molecule has 0 aromatic heterocycles. The Morgan fingerprint density at radius 2 is 0.741 bits per heavy atom. The molecule has 6 heterocycles. The highest BCUT2D eigenvalue weighted by molar-refractivity contribution is 14.1. The number of ketones is 2. The molecule has 18 aliphatic rings. The van der Waals surface area contributed by atoms with Crippen LogP contribution < -0.4 is 5.73 Å². The molecule has 15 atom stereocenters. The predicted octanol–water partition coefficient (Wildman–Crippen LogP) is 13.3. The van der Waals surface area contributed by atoms with Crippen LogP contribution in [-0.4, -0.2) is 283 Å². The van der Waals surface area contributed by atoms with Gasteiger partial charge in [0.1, 0.15) is 11.6 Å². The summed E-state index contributed by atoms with van der Waals surface area (Å²) in [6.07, 6.45) is 26.1. The van der Waals surface area contributed by atoms with Crippen molar-refractivity contribution in [1.29, 1.82) is 0 Å². The summed E-state index contributed by atoms with van der Waals surface area (Å²) >= 11 is 6.70. The quantitative estimate of drug-likeness (QED) is 0.0265. The van der Waals surface area contributed by atoms with Crippen LogP contribution in [0.4, 0.5) is 0 Å². The number of halogens is 1. The van der Waals surface area contributed by atoms with Gasteiger partial charge < -0.3 is 39.4 Å². The summed E-state index contributed by atoms with van der Waals surface area (Å²) < 4.78 is 70.0. The van der Waals surface area contributed by atoms with Crippen molar-refractivity contribution >= 4 is 62.6 Å². The molecule has 6 saturated heterocycles. The van der Waals surface area contributed by atoms with E-state index in [1.165, 1.54) is 103 Å². The van der Waals surface area contributed by atoms with Crippen LogP contribution in [0.1, 0.15) is 226 Å². The zero-order chi connectivity index (χ0) is 81.3. The molecule has 20 nitrogen and oxygen atoms in total. The van der Waals surface area contributed by atoms with Gasteiger partial charge in [-0.25, -0.2) is 0 Å². The number of morpholine rings is 6. The Kier molecular flexibility index (Phi) is 28.9. The first-order chi connectivity index (χ1) is 53.6. The molecule has 644 valence electrons. The summed E-state index contributed by atoms with van der Waals surface area (Å²) in [7, 11) is -4.08. The van der Waals surface area contributed by atoms with Crippen LogP contribution in [0, 0.1) is 100 Å². The van der Waals surface area contributed by atoms with Crippen LogP contribution >= 0.6 is 35.2 Å². The molecule has 12 aliphatic carbocycles. The maximum Gasteiger partial charge on any atom is 0.265 e. The number of alkyl halides is 1. The minimum absolute atomic E-state index is 0.00400. The largest absolute Gasteiger partial charge is 0.411 e. The summed E-state index contributed by atoms with van der Waals surface area (Å²) in [5.74, 6) is 5.59. The molecule has 18 rings (SSSR count). The number of ether oxygens (including phenoxy) is 6. The van der Waals surface area contributed by atoms with Crippen LogP contribution in [0.5, 0.6) is 0 Å². The minimum Gasteiger partial charge on any atom is -0.411 e. The second-order valence-electron chi connectivity index (χ2n) is 41.8. The van der Waals surface area contributed by atoms with Gasteiger partial charge in [-0.1, -0.05) is 111 Å². The van der Waals surface area contributed by atoms with Crippen molar-refractivity contribution in [3.63, 3.8) is 0 Å². The average molecular weight is 1720 g/mol. The molecular formula is C89H157IN8O12S2. The van der Waals surface area contributed by atoms with Crippen LogP contribution in [-0.2, 0) is 48.1 Å². The molecule has 4 N–H and O–H groups in total. The van der Waals surface area contributed by atoms with E-state index >= 15 is 0 Å². The average Bonchev–Trinajstić information content (AvgIpc) is 1.57. The first-order valence-corrected chi connectivity index (χ1v) is 48.6. The van der Waals surface area contributed by atoms with Gasteiger partial charge in [0.2, 0.25) is 0 Å². The second kappa shape index (κ2) is 36.4. The number of thiol groups is 1. The van der Waals surface area contributed by atoms with Gasteiger partial charge in [-0.3, -0.25) is 43.5 Å². The number of Topliss-reactive ketones (excluding diaryl/α,β-unsaturated/α-hetero) is 2. The number of fused-ring (bicyclic) bond motifs is 12. The summed E-state index contributed by atoms with van der Waals surface area (Å²) in [4.78, 5) is 40.4. The highest BCUT2D eigenvalue weighted by Gasteiger charge is 2.69. The zero-order valence-corrected chi connectivity index (χ0v) is 76.0. The molecule has 18 fully saturated rings. The fourth-order valence-electron chi connectivity index (χ4n) is 28.6. The van der Waals surface area contributed by atoms with Gasteiger partial charge in [-0.05, 0) is 244 Å². The predicted molar refractivity (Wildman–Crippen MR) is 459 cm³/mol. The van der Waals surface area contributed by atoms with E-state index in [0.717, 1.165) is 251 Å². The number of nitrogens with two attached hydrogens (primary N) is 1. The summed E-state index contributed by atoms with van der Waals surface area (Å²) in [6.45, 7) is 57.0. The lowest BCUT2D eigenvalue weighted by Crippen LogP contribution is -2.53. The molecular weight excluding hydrogens is 1560 g/mol. The molecule has 0 spiro atoms. The zero-order valence-electron chi connectivity index (χ0n) is 73.1. The molecule has 15 unspecified atom stereocenters. The van der Waals surface area contributed by atoms with Crippen molar-refractivity contribution in [3.8, 4) is 0 Å². The summed E-state index contributed by atoms with van der Waals surface area (Å²) in [5, 5.41) is 13.1. The molecule has 112 heavy (non-hydrogen) atoms. The third-order valence-electron chi connectivity index (χ3n) is 37.4. The smallest absolute Gasteiger partial charge is 0.265 e. The van der Waals surface area contributed by atoms with E-state index < -0.39 is 21.3 Å². The number of carbonyl (C=O) groups is 2. The Hall–Kier alpha value is -0.720. The number of nitrogens with zero attached hydrogens (tertiary/aromatic N) is 7. The van der Waals surface area contributed by atoms with E-state index in [1.807, 2.05) is 36.4 Å². The maximum atomic E-state index is 12.4. The van der Waals surface area contributed by atoms with Gasteiger partial charge in [0, 0.05) is 127 Å². The number of rotatable bonds is 17. The lowest BCUT2D eigenvalue weighted by molar-refractivity contribution is -0.130. The third-order valence-corrected chi connectivity index (χ3v) is 38.8. The van der Waals surface area contributed by atoms with Gasteiger partial charge >= 0.3 is 0 Å². The van der Waals surface area contributed by atoms with Crippen molar-refractivity contribution in [2.24, 2.45) is 111 Å². The van der Waals surface area contributed by atoms with Gasteiger partial charge in [-0.15, -0.1) is 0 Å². The van der Waals surface area contributed by atoms with Crippen LogP contribution in [0.25, 0.3) is 0 Å². The number of oxime groups is 1. The van der Waals surface area contributed by atoms with E-state index in [4.69, 9.17) is 52.7 Å². The Labute approximate surface area is 699 Å². The number of carbonyl (C=O) groups excluding carboxylic acids is 2. The van der Waals surface area contributed by atoms with Crippen LogP contribution in [0.2, 0.25) is 0 Å². The third kappa shape index (κ3) is 16.8. The molecule has 0 amide bonds. The Balaban J connectivity index is 0.000000125. The number of hydrogen-bond donors (Lipinski definition) is 4. The van der Waals surface area contributed by atoms with Crippen molar-refractivity contribution in [3.05, 3.63) is 0 Å². The summed E-state index contributed by atoms with van der Waals surface area (Å²) in [5.41, 5.74) is 9.95. The molecule has 12 saturated carbocycles. The molecule has 6 aliphatic heterocycles.